The molecule has 1 atom stereocenters. The second kappa shape index (κ2) is 7.66. The summed E-state index contributed by atoms with van der Waals surface area (Å²) in [6, 6.07) is 12.9. The average Bonchev–Trinajstić information content (AvgIpc) is 3.06. The van der Waals surface area contributed by atoms with Gasteiger partial charge < -0.3 is 14.8 Å². The second-order valence-corrected chi connectivity index (χ2v) is 7.71. The van der Waals surface area contributed by atoms with Gasteiger partial charge in [0.25, 0.3) is 5.91 Å². The lowest BCUT2D eigenvalue weighted by Crippen LogP contribution is -2.34. The molecule has 3 aromatic rings. The molecule has 0 radical (unpaired) electrons. The minimum atomic E-state index is -0.327. The number of hydrogen-bond donors (Lipinski definition) is 1. The number of thiophene rings is 1. The first-order chi connectivity index (χ1) is 13.2. The number of carbonyl (C=O) groups is 1. The Morgan fingerprint density at radius 1 is 1.30 bits per heavy atom. The van der Waals surface area contributed by atoms with Gasteiger partial charge in [-0.3, -0.25) is 4.79 Å². The van der Waals surface area contributed by atoms with Crippen molar-refractivity contribution in [2.45, 2.75) is 13.0 Å². The Bertz CT molecular complexity index is 985. The number of fused-ring (bicyclic) bond motifs is 2. The zero-order chi connectivity index (χ0) is 18.8. The van der Waals surface area contributed by atoms with E-state index in [0.29, 0.717) is 29.0 Å². The summed E-state index contributed by atoms with van der Waals surface area (Å²) >= 11 is 1.30. The Hall–Kier alpha value is -2.44. The van der Waals surface area contributed by atoms with Crippen LogP contribution in [-0.4, -0.2) is 26.2 Å². The molecule has 2 aromatic carbocycles. The fraction of sp³-hybridized carbons (Fsp3) is 0.286. The highest BCUT2D eigenvalue weighted by Crippen LogP contribution is 2.34. The number of carbonyl (C=O) groups excluding carboxylic acids is 1. The third-order valence-corrected chi connectivity index (χ3v) is 5.96. The van der Waals surface area contributed by atoms with E-state index in [0.717, 1.165) is 22.4 Å². The van der Waals surface area contributed by atoms with Crippen LogP contribution in [0.2, 0.25) is 0 Å². The van der Waals surface area contributed by atoms with Gasteiger partial charge in [0.1, 0.15) is 11.6 Å². The Balaban J connectivity index is 1.50. The molecule has 0 fully saturated rings. The lowest BCUT2D eigenvalue weighted by Gasteiger charge is -2.25. The first-order valence-electron chi connectivity index (χ1n) is 8.85. The van der Waals surface area contributed by atoms with Gasteiger partial charge in [0.05, 0.1) is 18.1 Å². The van der Waals surface area contributed by atoms with Crippen LogP contribution in [0.5, 0.6) is 5.75 Å². The normalized spacial score (nSPS) is 16.0. The van der Waals surface area contributed by atoms with Crippen LogP contribution in [0, 0.1) is 11.7 Å². The number of nitrogens with one attached hydrogen (secondary N) is 1. The molecule has 0 spiro atoms. The highest BCUT2D eigenvalue weighted by Gasteiger charge is 2.23. The van der Waals surface area contributed by atoms with E-state index in [1.807, 2.05) is 24.3 Å². The van der Waals surface area contributed by atoms with Crippen molar-refractivity contribution in [3.8, 4) is 5.75 Å². The molecule has 1 aromatic heterocycles. The lowest BCUT2D eigenvalue weighted by atomic mass is 9.97. The molecule has 0 saturated heterocycles. The van der Waals surface area contributed by atoms with Gasteiger partial charge >= 0.3 is 0 Å². The van der Waals surface area contributed by atoms with E-state index in [9.17, 15) is 9.18 Å². The highest BCUT2D eigenvalue weighted by atomic mass is 32.1. The maximum atomic E-state index is 14.3. The van der Waals surface area contributed by atoms with E-state index in [1.165, 1.54) is 17.4 Å². The van der Waals surface area contributed by atoms with Crippen molar-refractivity contribution >= 4 is 27.3 Å². The molecule has 0 unspecified atom stereocenters. The SMILES string of the molecule is COCc1c(C(=O)NC[C@H]2COc3ccccc3C2)sc2cccc(F)c12. The zero-order valence-electron chi connectivity index (χ0n) is 15.0. The number of para-hydroxylation sites is 1. The smallest absolute Gasteiger partial charge is 0.261 e. The molecule has 4 nitrogen and oxygen atoms in total. The summed E-state index contributed by atoms with van der Waals surface area (Å²) in [4.78, 5) is 13.3. The Kier molecular flexibility index (Phi) is 5.09. The molecular formula is C21H20FNO3S. The van der Waals surface area contributed by atoms with E-state index in [2.05, 4.69) is 11.4 Å². The van der Waals surface area contributed by atoms with Crippen molar-refractivity contribution in [2.75, 3.05) is 20.3 Å². The van der Waals surface area contributed by atoms with Crippen molar-refractivity contribution in [3.05, 3.63) is 64.3 Å². The van der Waals surface area contributed by atoms with E-state index >= 15 is 0 Å². The molecule has 27 heavy (non-hydrogen) atoms. The topological polar surface area (TPSA) is 47.6 Å². The summed E-state index contributed by atoms with van der Waals surface area (Å²) in [6.07, 6.45) is 0.864. The fourth-order valence-electron chi connectivity index (χ4n) is 3.47. The minimum Gasteiger partial charge on any atom is -0.493 e. The van der Waals surface area contributed by atoms with Crippen LogP contribution in [-0.2, 0) is 17.8 Å². The maximum absolute atomic E-state index is 14.3. The number of rotatable bonds is 5. The standard InChI is InChI=1S/C21H20FNO3S/c1-25-12-15-19-16(22)6-4-8-18(19)27-20(15)21(24)23-10-13-9-14-5-2-3-7-17(14)26-11-13/h2-8,13H,9-12H2,1H3,(H,23,24)/t13-/m0/s1. The second-order valence-electron chi connectivity index (χ2n) is 6.65. The molecule has 0 bridgehead atoms. The molecule has 0 saturated carbocycles. The number of amides is 1. The molecule has 1 aliphatic heterocycles. The number of hydrogen-bond acceptors (Lipinski definition) is 4. The van der Waals surface area contributed by atoms with Crippen LogP contribution in [0.25, 0.3) is 10.1 Å². The van der Waals surface area contributed by atoms with E-state index < -0.39 is 0 Å². The Morgan fingerprint density at radius 2 is 2.15 bits per heavy atom. The van der Waals surface area contributed by atoms with Crippen molar-refractivity contribution in [3.63, 3.8) is 0 Å². The monoisotopic (exact) mass is 385 g/mol. The maximum Gasteiger partial charge on any atom is 0.261 e. The van der Waals surface area contributed by atoms with Crippen LogP contribution in [0.1, 0.15) is 20.8 Å². The van der Waals surface area contributed by atoms with Crippen LogP contribution < -0.4 is 10.1 Å². The van der Waals surface area contributed by atoms with E-state index in [1.54, 1.807) is 13.2 Å². The third kappa shape index (κ3) is 3.55. The first-order valence-corrected chi connectivity index (χ1v) is 9.66. The summed E-state index contributed by atoms with van der Waals surface area (Å²) in [5, 5.41) is 3.47. The van der Waals surface area contributed by atoms with Crippen molar-refractivity contribution in [1.82, 2.24) is 5.32 Å². The summed E-state index contributed by atoms with van der Waals surface area (Å²) in [5.41, 5.74) is 1.77. The molecule has 0 aliphatic carbocycles. The zero-order valence-corrected chi connectivity index (χ0v) is 15.8. The summed E-state index contributed by atoms with van der Waals surface area (Å²) in [6.45, 7) is 1.28. The van der Waals surface area contributed by atoms with Gasteiger partial charge in [-0.2, -0.15) is 0 Å². The van der Waals surface area contributed by atoms with Crippen LogP contribution >= 0.6 is 11.3 Å². The number of methoxy groups -OCH3 is 1. The predicted octanol–water partition coefficient (Wildman–Crippen LogP) is 4.17. The third-order valence-electron chi connectivity index (χ3n) is 4.77. The molecule has 2 heterocycles. The van der Waals surface area contributed by atoms with Gasteiger partial charge in [-0.05, 0) is 30.2 Å². The largest absolute Gasteiger partial charge is 0.493 e. The minimum absolute atomic E-state index is 0.193. The van der Waals surface area contributed by atoms with E-state index in [4.69, 9.17) is 9.47 Å². The predicted molar refractivity (Wildman–Crippen MR) is 104 cm³/mol. The Labute approximate surface area is 160 Å². The number of halogens is 1. The van der Waals surface area contributed by atoms with Gasteiger partial charge in [0, 0.05) is 35.2 Å². The van der Waals surface area contributed by atoms with Gasteiger partial charge in [-0.1, -0.05) is 24.3 Å². The summed E-state index contributed by atoms with van der Waals surface area (Å²) < 4.78 is 26.0. The molecule has 1 aliphatic rings. The highest BCUT2D eigenvalue weighted by molar-refractivity contribution is 7.21. The van der Waals surface area contributed by atoms with Crippen molar-refractivity contribution in [2.24, 2.45) is 5.92 Å². The fourth-order valence-corrected chi connectivity index (χ4v) is 4.61. The average molecular weight is 385 g/mol. The van der Waals surface area contributed by atoms with Gasteiger partial charge in [0.2, 0.25) is 0 Å². The molecule has 140 valence electrons. The van der Waals surface area contributed by atoms with Gasteiger partial charge in [0.15, 0.2) is 0 Å². The summed E-state index contributed by atoms with van der Waals surface area (Å²) in [7, 11) is 1.54. The van der Waals surface area contributed by atoms with E-state index in [-0.39, 0.29) is 24.2 Å². The van der Waals surface area contributed by atoms with Gasteiger partial charge in [-0.25, -0.2) is 4.39 Å². The van der Waals surface area contributed by atoms with Crippen LogP contribution in [0.3, 0.4) is 0 Å². The first kappa shape index (κ1) is 17.9. The van der Waals surface area contributed by atoms with Crippen molar-refractivity contribution < 1.29 is 18.7 Å². The summed E-state index contributed by atoms with van der Waals surface area (Å²) in [5.74, 6) is 0.608. The molecular weight excluding hydrogens is 365 g/mol. The quantitative estimate of drug-likeness (QED) is 0.717. The van der Waals surface area contributed by atoms with Crippen molar-refractivity contribution in [1.29, 1.82) is 0 Å². The molecule has 1 N–H and O–H groups in total. The van der Waals surface area contributed by atoms with Crippen LogP contribution in [0.15, 0.2) is 42.5 Å². The molecule has 1 amide bonds. The number of ether oxygens (including phenoxy) is 2. The number of benzene rings is 2. The van der Waals surface area contributed by atoms with Crippen LogP contribution in [0.4, 0.5) is 4.39 Å². The Morgan fingerprint density at radius 3 is 3.00 bits per heavy atom. The lowest BCUT2D eigenvalue weighted by molar-refractivity contribution is 0.0939. The molecule has 4 rings (SSSR count). The molecule has 6 heteroatoms. The van der Waals surface area contributed by atoms with Gasteiger partial charge in [-0.15, -0.1) is 11.3 Å².